The van der Waals surface area contributed by atoms with Crippen molar-refractivity contribution in [2.45, 2.75) is 45.8 Å². The predicted molar refractivity (Wildman–Crippen MR) is 121 cm³/mol. The number of rotatable bonds is 7. The molecule has 5 nitrogen and oxygen atoms in total. The van der Waals surface area contributed by atoms with Gasteiger partial charge in [0, 0.05) is 12.6 Å². The summed E-state index contributed by atoms with van der Waals surface area (Å²) < 4.78 is 11.9. The Bertz CT molecular complexity index is 1050. The van der Waals surface area contributed by atoms with Gasteiger partial charge in [-0.1, -0.05) is 37.3 Å². The first-order chi connectivity index (χ1) is 15.0. The third kappa shape index (κ3) is 4.37. The molecule has 4 rings (SSSR count). The van der Waals surface area contributed by atoms with E-state index < -0.39 is 6.09 Å². The molecule has 1 amide bonds. The van der Waals surface area contributed by atoms with Gasteiger partial charge >= 0.3 is 6.09 Å². The lowest BCUT2D eigenvalue weighted by atomic mass is 9.81. The van der Waals surface area contributed by atoms with Gasteiger partial charge in [0.05, 0.1) is 26.4 Å². The van der Waals surface area contributed by atoms with E-state index >= 15 is 0 Å². The number of methoxy groups -OCH3 is 1. The summed E-state index contributed by atoms with van der Waals surface area (Å²) in [7, 11) is 1.70. The third-order valence-corrected chi connectivity index (χ3v) is 6.25. The van der Waals surface area contributed by atoms with Crippen LogP contribution in [0.1, 0.15) is 42.5 Å². The molecule has 0 radical (unpaired) electrons. The fourth-order valence-corrected chi connectivity index (χ4v) is 4.48. The second kappa shape index (κ2) is 8.98. The molecule has 2 aromatic carbocycles. The van der Waals surface area contributed by atoms with Crippen LogP contribution in [0, 0.1) is 0 Å². The zero-order chi connectivity index (χ0) is 22.0. The number of amides is 1. The summed E-state index contributed by atoms with van der Waals surface area (Å²) in [6.07, 6.45) is 3.29. The van der Waals surface area contributed by atoms with Crippen molar-refractivity contribution in [2.75, 3.05) is 13.7 Å². The Morgan fingerprint density at radius 1 is 1.23 bits per heavy atom. The molecule has 1 unspecified atom stereocenters. The highest BCUT2D eigenvalue weighted by Gasteiger charge is 2.29. The minimum Gasteiger partial charge on any atom is -0.496 e. The van der Waals surface area contributed by atoms with Crippen molar-refractivity contribution >= 4 is 11.7 Å². The fraction of sp³-hybridized carbons (Fsp3) is 0.346. The molecule has 0 fully saturated rings. The van der Waals surface area contributed by atoms with Gasteiger partial charge in [-0.2, -0.15) is 0 Å². The Hall–Kier alpha value is -3.05. The summed E-state index contributed by atoms with van der Waals surface area (Å²) in [4.78, 5) is 12.4. The number of ether oxygens (including phenoxy) is 2. The predicted octanol–water partition coefficient (Wildman–Crippen LogP) is 5.44. The molecule has 0 bridgehead atoms. The highest BCUT2D eigenvalue weighted by atomic mass is 16.5. The molecule has 2 aliphatic rings. The Balaban J connectivity index is 1.56. The van der Waals surface area contributed by atoms with Crippen LogP contribution in [0.15, 0.2) is 59.8 Å². The number of carbonyl (C=O) groups is 1. The Morgan fingerprint density at radius 3 is 2.71 bits per heavy atom. The van der Waals surface area contributed by atoms with Crippen molar-refractivity contribution in [3.05, 3.63) is 82.1 Å². The van der Waals surface area contributed by atoms with Gasteiger partial charge in [-0.15, -0.1) is 0 Å². The largest absolute Gasteiger partial charge is 0.496 e. The van der Waals surface area contributed by atoms with Crippen LogP contribution in [-0.4, -0.2) is 35.9 Å². The Labute approximate surface area is 183 Å². The van der Waals surface area contributed by atoms with Crippen LogP contribution in [0.5, 0.6) is 5.75 Å². The van der Waals surface area contributed by atoms with Gasteiger partial charge in [0.1, 0.15) is 5.75 Å². The molecule has 31 heavy (non-hydrogen) atoms. The maximum absolute atomic E-state index is 11.1. The first kappa shape index (κ1) is 21.2. The van der Waals surface area contributed by atoms with Gasteiger partial charge < -0.3 is 14.6 Å². The van der Waals surface area contributed by atoms with Crippen LogP contribution >= 0.6 is 0 Å². The molecule has 0 spiro atoms. The molecule has 1 N–H and O–H groups in total. The number of aryl methyl sites for hydroxylation is 1. The zero-order valence-corrected chi connectivity index (χ0v) is 18.4. The van der Waals surface area contributed by atoms with E-state index in [0.717, 1.165) is 36.1 Å². The third-order valence-electron chi connectivity index (χ3n) is 6.25. The lowest BCUT2D eigenvalue weighted by Gasteiger charge is -2.33. The minimum absolute atomic E-state index is 0.0261. The standard InChI is InChI=1S/C26H29NO4/c1-4-20-11-18(9-10-24(20)30-3)16-31-25-13-21-7-5-6-8-22(21)17(2)23(25)12-19-14-27(15-19)26(28)29/h5-11,14,25H,4,12-13,15-16H2,1-3H3,(H,28,29). The van der Waals surface area contributed by atoms with E-state index in [-0.39, 0.29) is 6.10 Å². The quantitative estimate of drug-likeness (QED) is 0.649. The van der Waals surface area contributed by atoms with E-state index in [4.69, 9.17) is 14.6 Å². The Morgan fingerprint density at radius 2 is 2.00 bits per heavy atom. The molecule has 0 saturated carbocycles. The maximum atomic E-state index is 11.1. The van der Waals surface area contributed by atoms with Crippen molar-refractivity contribution < 1.29 is 19.4 Å². The van der Waals surface area contributed by atoms with Crippen molar-refractivity contribution in [3.63, 3.8) is 0 Å². The van der Waals surface area contributed by atoms with Crippen LogP contribution in [0.25, 0.3) is 5.57 Å². The van der Waals surface area contributed by atoms with E-state index in [1.165, 1.54) is 32.7 Å². The van der Waals surface area contributed by atoms with Crippen LogP contribution in [-0.2, 0) is 24.2 Å². The SMILES string of the molecule is CCc1cc(COC2Cc3ccccc3C(C)=C2CC2=CN(C(=O)O)C2)ccc1OC. The van der Waals surface area contributed by atoms with E-state index in [1.54, 1.807) is 13.3 Å². The normalized spacial score (nSPS) is 17.7. The second-order valence-electron chi connectivity index (χ2n) is 8.19. The molecule has 2 aromatic rings. The van der Waals surface area contributed by atoms with Crippen LogP contribution in [0.3, 0.4) is 0 Å². The summed E-state index contributed by atoms with van der Waals surface area (Å²) >= 11 is 0. The minimum atomic E-state index is -0.900. The molecule has 1 aliphatic heterocycles. The van der Waals surface area contributed by atoms with Gasteiger partial charge in [-0.05, 0) is 70.9 Å². The van der Waals surface area contributed by atoms with E-state index in [9.17, 15) is 4.79 Å². The molecule has 162 valence electrons. The van der Waals surface area contributed by atoms with Gasteiger partial charge in [0.25, 0.3) is 0 Å². The molecule has 0 saturated heterocycles. The number of hydrogen-bond donors (Lipinski definition) is 1. The van der Waals surface area contributed by atoms with Crippen molar-refractivity contribution in [3.8, 4) is 5.75 Å². The summed E-state index contributed by atoms with van der Waals surface area (Å²) in [5.41, 5.74) is 8.50. The smallest absolute Gasteiger partial charge is 0.411 e. The first-order valence-electron chi connectivity index (χ1n) is 10.7. The lowest BCUT2D eigenvalue weighted by Crippen LogP contribution is -2.35. The second-order valence-corrected chi connectivity index (χ2v) is 8.19. The van der Waals surface area contributed by atoms with Crippen molar-refractivity contribution in [1.29, 1.82) is 0 Å². The summed E-state index contributed by atoms with van der Waals surface area (Å²) in [6, 6.07) is 14.7. The van der Waals surface area contributed by atoms with Crippen LogP contribution in [0.2, 0.25) is 0 Å². The highest BCUT2D eigenvalue weighted by molar-refractivity contribution is 5.74. The molecule has 1 aliphatic carbocycles. The fourth-order valence-electron chi connectivity index (χ4n) is 4.48. The topological polar surface area (TPSA) is 59.0 Å². The average Bonchev–Trinajstić information content (AvgIpc) is 2.75. The lowest BCUT2D eigenvalue weighted by molar-refractivity contribution is 0.0622. The van der Waals surface area contributed by atoms with E-state index in [2.05, 4.69) is 50.2 Å². The maximum Gasteiger partial charge on any atom is 0.411 e. The average molecular weight is 420 g/mol. The highest BCUT2D eigenvalue weighted by Crippen LogP contribution is 2.37. The summed E-state index contributed by atoms with van der Waals surface area (Å²) in [5, 5.41) is 9.12. The number of fused-ring (bicyclic) bond motifs is 1. The Kier molecular flexibility index (Phi) is 6.14. The summed E-state index contributed by atoms with van der Waals surface area (Å²) in [5.74, 6) is 0.911. The zero-order valence-electron chi connectivity index (χ0n) is 18.4. The summed E-state index contributed by atoms with van der Waals surface area (Å²) in [6.45, 7) is 5.28. The van der Waals surface area contributed by atoms with Gasteiger partial charge in [-0.3, -0.25) is 4.90 Å². The monoisotopic (exact) mass is 419 g/mol. The van der Waals surface area contributed by atoms with Gasteiger partial charge in [0.15, 0.2) is 0 Å². The molecule has 0 aromatic heterocycles. The number of carboxylic acid groups (broad SMARTS) is 1. The van der Waals surface area contributed by atoms with Crippen LogP contribution < -0.4 is 4.74 Å². The van der Waals surface area contributed by atoms with Crippen molar-refractivity contribution in [2.24, 2.45) is 0 Å². The molecule has 1 heterocycles. The number of benzene rings is 2. The van der Waals surface area contributed by atoms with Gasteiger partial charge in [0.2, 0.25) is 0 Å². The molecular weight excluding hydrogens is 390 g/mol. The number of allylic oxidation sites excluding steroid dienone is 1. The van der Waals surface area contributed by atoms with E-state index in [1.807, 2.05) is 6.07 Å². The van der Waals surface area contributed by atoms with Gasteiger partial charge in [-0.25, -0.2) is 4.79 Å². The molecule has 5 heteroatoms. The number of hydrogen-bond acceptors (Lipinski definition) is 3. The number of nitrogens with zero attached hydrogens (tertiary/aromatic N) is 1. The molecular formula is C26H29NO4. The first-order valence-corrected chi connectivity index (χ1v) is 10.7. The van der Waals surface area contributed by atoms with Crippen LogP contribution in [0.4, 0.5) is 4.79 Å². The van der Waals surface area contributed by atoms with E-state index in [0.29, 0.717) is 13.2 Å². The van der Waals surface area contributed by atoms with Crippen molar-refractivity contribution in [1.82, 2.24) is 4.90 Å². The molecule has 1 atom stereocenters.